The van der Waals surface area contributed by atoms with Gasteiger partial charge in [0, 0.05) is 12.3 Å². The van der Waals surface area contributed by atoms with Gasteiger partial charge in [-0.2, -0.15) is 0 Å². The van der Waals surface area contributed by atoms with Crippen molar-refractivity contribution in [2.75, 3.05) is 26.9 Å². The molecule has 2 rings (SSSR count). The molecular formula is C23H30O8. The molecule has 1 N–H and O–H groups in total. The summed E-state index contributed by atoms with van der Waals surface area (Å²) < 4.78 is 21.3. The number of rotatable bonds is 9. The summed E-state index contributed by atoms with van der Waals surface area (Å²) in [6, 6.07) is 4.85. The van der Waals surface area contributed by atoms with E-state index in [1.165, 1.54) is 14.0 Å². The maximum Gasteiger partial charge on any atom is 0.317 e. The first-order valence-corrected chi connectivity index (χ1v) is 10.2. The third-order valence-electron chi connectivity index (χ3n) is 5.28. The molecule has 1 fully saturated rings. The number of Topliss-reactive ketones (excluding diaryl/α,β-unsaturated/α-hetero) is 1. The van der Waals surface area contributed by atoms with Crippen LogP contribution in [0.3, 0.4) is 0 Å². The van der Waals surface area contributed by atoms with Crippen molar-refractivity contribution in [2.45, 2.75) is 38.7 Å². The Labute approximate surface area is 182 Å². The van der Waals surface area contributed by atoms with Crippen molar-refractivity contribution in [1.29, 1.82) is 0 Å². The Kier molecular flexibility index (Phi) is 8.21. The molecule has 1 aliphatic rings. The molecule has 170 valence electrons. The Balaban J connectivity index is 2.65. The number of ether oxygens (including phenoxy) is 4. The van der Waals surface area contributed by atoms with Gasteiger partial charge >= 0.3 is 11.9 Å². The lowest BCUT2D eigenvalue weighted by atomic mass is 9.61. The van der Waals surface area contributed by atoms with Gasteiger partial charge in [-0.1, -0.05) is 18.7 Å². The standard InChI is InChI=1S/C23H30O8/c1-6-11-31-16-10-9-14(12-17(16)28-5)18-19(21(25)29-7-2)15(24)13-23(4,27)20(18)22(26)30-8-3/h6,9-10,12,18-20,27H,1,7-8,11,13H2,2-5H3/t18-,19-,20+,23-/m0/s1. The Bertz CT molecular complexity index is 829. The molecule has 0 bridgehead atoms. The molecule has 0 aromatic heterocycles. The number of hydrogen-bond acceptors (Lipinski definition) is 8. The average molecular weight is 434 g/mol. The number of hydrogen-bond donors (Lipinski definition) is 1. The van der Waals surface area contributed by atoms with E-state index in [0.29, 0.717) is 17.1 Å². The first-order chi connectivity index (χ1) is 14.7. The topological polar surface area (TPSA) is 108 Å². The molecule has 8 heteroatoms. The molecule has 0 radical (unpaired) electrons. The first-order valence-electron chi connectivity index (χ1n) is 10.2. The van der Waals surface area contributed by atoms with E-state index < -0.39 is 41.1 Å². The summed E-state index contributed by atoms with van der Waals surface area (Å²) in [5.74, 6) is -4.58. The first kappa shape index (κ1) is 24.4. The minimum Gasteiger partial charge on any atom is -0.493 e. The van der Waals surface area contributed by atoms with Crippen molar-refractivity contribution in [2.24, 2.45) is 11.8 Å². The predicted molar refractivity (Wildman–Crippen MR) is 112 cm³/mol. The van der Waals surface area contributed by atoms with Crippen molar-refractivity contribution < 1.29 is 38.4 Å². The van der Waals surface area contributed by atoms with Gasteiger partial charge in [-0.3, -0.25) is 14.4 Å². The molecule has 1 aliphatic carbocycles. The summed E-state index contributed by atoms with van der Waals surface area (Å²) in [6.45, 7) is 8.71. The molecular weight excluding hydrogens is 404 g/mol. The molecule has 0 amide bonds. The number of carbonyl (C=O) groups excluding carboxylic acids is 3. The number of aliphatic hydroxyl groups is 1. The second-order valence-corrected chi connectivity index (χ2v) is 7.50. The normalized spacial score (nSPS) is 25.5. The molecule has 0 heterocycles. The number of benzene rings is 1. The molecule has 0 spiro atoms. The summed E-state index contributed by atoms with van der Waals surface area (Å²) >= 11 is 0. The number of esters is 2. The second kappa shape index (κ2) is 10.4. The molecule has 31 heavy (non-hydrogen) atoms. The molecule has 1 saturated carbocycles. The van der Waals surface area contributed by atoms with Crippen LogP contribution < -0.4 is 9.47 Å². The van der Waals surface area contributed by atoms with E-state index in [-0.39, 0.29) is 26.2 Å². The van der Waals surface area contributed by atoms with Gasteiger partial charge in [-0.25, -0.2) is 0 Å². The zero-order valence-corrected chi connectivity index (χ0v) is 18.4. The lowest BCUT2D eigenvalue weighted by Crippen LogP contribution is -2.55. The van der Waals surface area contributed by atoms with Crippen LogP contribution in [0.1, 0.15) is 38.7 Å². The highest BCUT2D eigenvalue weighted by Gasteiger charge is 2.57. The van der Waals surface area contributed by atoms with E-state index in [9.17, 15) is 19.5 Å². The van der Waals surface area contributed by atoms with Crippen LogP contribution in [0, 0.1) is 11.8 Å². The smallest absolute Gasteiger partial charge is 0.317 e. The maximum atomic E-state index is 12.9. The second-order valence-electron chi connectivity index (χ2n) is 7.50. The molecule has 0 aliphatic heterocycles. The van der Waals surface area contributed by atoms with Crippen molar-refractivity contribution in [3.63, 3.8) is 0 Å². The van der Waals surface area contributed by atoms with Gasteiger partial charge in [-0.15, -0.1) is 0 Å². The van der Waals surface area contributed by atoms with Crippen molar-refractivity contribution in [1.82, 2.24) is 0 Å². The van der Waals surface area contributed by atoms with E-state index in [0.717, 1.165) is 0 Å². The number of ketones is 1. The van der Waals surface area contributed by atoms with Crippen molar-refractivity contribution in [3.05, 3.63) is 36.4 Å². The third kappa shape index (κ3) is 5.25. The van der Waals surface area contributed by atoms with E-state index in [1.807, 2.05) is 0 Å². The summed E-state index contributed by atoms with van der Waals surface area (Å²) in [4.78, 5) is 38.5. The van der Waals surface area contributed by atoms with Crippen LogP contribution in [0.25, 0.3) is 0 Å². The lowest BCUT2D eigenvalue weighted by Gasteiger charge is -2.43. The van der Waals surface area contributed by atoms with Gasteiger partial charge < -0.3 is 24.1 Å². The Hall–Kier alpha value is -2.87. The van der Waals surface area contributed by atoms with Crippen LogP contribution in [-0.4, -0.2) is 55.4 Å². The summed E-state index contributed by atoms with van der Waals surface area (Å²) in [5, 5.41) is 11.0. The molecule has 1 aromatic rings. The lowest BCUT2D eigenvalue weighted by molar-refractivity contribution is -0.172. The van der Waals surface area contributed by atoms with Gasteiger partial charge in [0.1, 0.15) is 12.5 Å². The SMILES string of the molecule is C=CCOc1ccc([C@H]2[C@@H](C(=O)OCC)C(=O)C[C@](C)(O)[C@H]2C(=O)OCC)cc1OC. The Morgan fingerprint density at radius 1 is 1.19 bits per heavy atom. The van der Waals surface area contributed by atoms with Crippen LogP contribution in [0.2, 0.25) is 0 Å². The molecule has 1 aromatic carbocycles. The quantitative estimate of drug-likeness (QED) is 0.359. The molecule has 4 atom stereocenters. The van der Waals surface area contributed by atoms with Crippen LogP contribution in [0.5, 0.6) is 11.5 Å². The fraction of sp³-hybridized carbons (Fsp3) is 0.522. The zero-order valence-electron chi connectivity index (χ0n) is 18.4. The fourth-order valence-electron chi connectivity index (χ4n) is 4.04. The van der Waals surface area contributed by atoms with E-state index in [4.69, 9.17) is 18.9 Å². The van der Waals surface area contributed by atoms with Gasteiger partial charge in [0.25, 0.3) is 0 Å². The molecule has 0 saturated heterocycles. The highest BCUT2D eigenvalue weighted by Crippen LogP contribution is 2.48. The predicted octanol–water partition coefficient (Wildman–Crippen LogP) is 2.43. The number of methoxy groups -OCH3 is 1. The Morgan fingerprint density at radius 2 is 1.84 bits per heavy atom. The summed E-state index contributed by atoms with van der Waals surface area (Å²) in [5.41, 5.74) is -1.25. The van der Waals surface area contributed by atoms with Crippen LogP contribution in [0.15, 0.2) is 30.9 Å². The van der Waals surface area contributed by atoms with Crippen LogP contribution in [-0.2, 0) is 23.9 Å². The minimum absolute atomic E-state index is 0.0768. The van der Waals surface area contributed by atoms with Crippen LogP contribution >= 0.6 is 0 Å². The van der Waals surface area contributed by atoms with E-state index in [1.54, 1.807) is 38.1 Å². The highest BCUT2D eigenvalue weighted by atomic mass is 16.5. The number of carbonyl (C=O) groups is 3. The van der Waals surface area contributed by atoms with E-state index >= 15 is 0 Å². The van der Waals surface area contributed by atoms with E-state index in [2.05, 4.69) is 6.58 Å². The molecule has 8 nitrogen and oxygen atoms in total. The summed E-state index contributed by atoms with van der Waals surface area (Å²) in [6.07, 6.45) is 1.21. The Morgan fingerprint density at radius 3 is 2.42 bits per heavy atom. The van der Waals surface area contributed by atoms with Gasteiger partial charge in [0.2, 0.25) is 0 Å². The summed E-state index contributed by atoms with van der Waals surface area (Å²) in [7, 11) is 1.45. The molecule has 0 unspecified atom stereocenters. The average Bonchev–Trinajstić information content (AvgIpc) is 2.71. The van der Waals surface area contributed by atoms with Crippen LogP contribution in [0.4, 0.5) is 0 Å². The fourth-order valence-corrected chi connectivity index (χ4v) is 4.04. The largest absolute Gasteiger partial charge is 0.493 e. The van der Waals surface area contributed by atoms with Gasteiger partial charge in [0.15, 0.2) is 17.3 Å². The van der Waals surface area contributed by atoms with Gasteiger partial charge in [-0.05, 0) is 38.5 Å². The highest BCUT2D eigenvalue weighted by molar-refractivity contribution is 6.02. The third-order valence-corrected chi connectivity index (χ3v) is 5.28. The zero-order chi connectivity index (χ0) is 23.2. The maximum absolute atomic E-state index is 12.9. The van der Waals surface area contributed by atoms with Crippen molar-refractivity contribution in [3.8, 4) is 11.5 Å². The monoisotopic (exact) mass is 434 g/mol. The van der Waals surface area contributed by atoms with Gasteiger partial charge in [0.05, 0.1) is 31.8 Å². The minimum atomic E-state index is -1.71. The van der Waals surface area contributed by atoms with Crippen molar-refractivity contribution >= 4 is 17.7 Å².